The summed E-state index contributed by atoms with van der Waals surface area (Å²) in [5.41, 5.74) is 1.03. The molecule has 1 heterocycles. The summed E-state index contributed by atoms with van der Waals surface area (Å²) in [6.07, 6.45) is 1.35. The molecule has 0 bridgehead atoms. The highest BCUT2D eigenvalue weighted by Crippen LogP contribution is 2.10. The number of rotatable bonds is 3. The Balaban J connectivity index is 1.87. The van der Waals surface area contributed by atoms with Gasteiger partial charge < -0.3 is 14.8 Å². The molecule has 4 nitrogen and oxygen atoms in total. The van der Waals surface area contributed by atoms with Crippen LogP contribution in [0.3, 0.4) is 0 Å². The van der Waals surface area contributed by atoms with Gasteiger partial charge in [-0.05, 0) is 17.7 Å². The van der Waals surface area contributed by atoms with E-state index in [4.69, 9.17) is 9.47 Å². The first-order chi connectivity index (χ1) is 8.25. The van der Waals surface area contributed by atoms with E-state index in [9.17, 15) is 4.79 Å². The Morgan fingerprint density at radius 2 is 2.06 bits per heavy atom. The number of halogens is 1. The molecule has 0 spiro atoms. The molecule has 1 amide bonds. The van der Waals surface area contributed by atoms with Crippen LogP contribution in [0.5, 0.6) is 0 Å². The lowest BCUT2D eigenvalue weighted by Gasteiger charge is -2.15. The van der Waals surface area contributed by atoms with Crippen LogP contribution in [0.1, 0.15) is 5.56 Å². The third-order valence-corrected chi connectivity index (χ3v) is 2.77. The monoisotopic (exact) mass is 297 g/mol. The van der Waals surface area contributed by atoms with Crippen LogP contribution in [0.4, 0.5) is 0 Å². The number of hydrogen-bond acceptors (Lipinski definition) is 3. The van der Waals surface area contributed by atoms with E-state index in [1.165, 1.54) is 6.26 Å². The van der Waals surface area contributed by atoms with Gasteiger partial charge in [0.15, 0.2) is 0 Å². The second-order valence-electron chi connectivity index (χ2n) is 3.51. The zero-order valence-electron chi connectivity index (χ0n) is 9.11. The van der Waals surface area contributed by atoms with Crippen LogP contribution in [0.15, 0.2) is 40.8 Å². The Morgan fingerprint density at radius 1 is 1.29 bits per heavy atom. The predicted octanol–water partition coefficient (Wildman–Crippen LogP) is 1.95. The fraction of sp³-hybridized carbons (Fsp3) is 0.250. The van der Waals surface area contributed by atoms with Gasteiger partial charge in [0, 0.05) is 11.0 Å². The molecule has 0 saturated carbocycles. The molecule has 1 aromatic rings. The Labute approximate surface area is 108 Å². The van der Waals surface area contributed by atoms with Crippen molar-refractivity contribution >= 4 is 21.8 Å². The van der Waals surface area contributed by atoms with Gasteiger partial charge >= 0.3 is 0 Å². The molecular formula is C12H12BrNO3. The van der Waals surface area contributed by atoms with Crippen molar-refractivity contribution in [2.75, 3.05) is 13.2 Å². The standard InChI is InChI=1S/C12H12BrNO3/c13-10-3-1-9(2-4-10)7-14-12(15)11-8-16-5-6-17-11/h1-4,8H,5-7H2,(H,14,15). The first-order valence-electron chi connectivity index (χ1n) is 5.23. The molecule has 1 aliphatic rings. The molecule has 0 fully saturated rings. The fourth-order valence-corrected chi connectivity index (χ4v) is 1.62. The first kappa shape index (κ1) is 12.0. The molecule has 0 aromatic heterocycles. The number of amides is 1. The molecule has 0 radical (unpaired) electrons. The van der Waals surface area contributed by atoms with Crippen molar-refractivity contribution in [1.29, 1.82) is 0 Å². The predicted molar refractivity (Wildman–Crippen MR) is 66.0 cm³/mol. The van der Waals surface area contributed by atoms with Crippen LogP contribution in [-0.2, 0) is 20.8 Å². The zero-order chi connectivity index (χ0) is 12.1. The minimum Gasteiger partial charge on any atom is -0.494 e. The Kier molecular flexibility index (Phi) is 4.03. The summed E-state index contributed by atoms with van der Waals surface area (Å²) in [6.45, 7) is 1.37. The van der Waals surface area contributed by atoms with Gasteiger partial charge in [-0.1, -0.05) is 28.1 Å². The number of ether oxygens (including phenoxy) is 2. The molecule has 17 heavy (non-hydrogen) atoms. The van der Waals surface area contributed by atoms with Gasteiger partial charge in [-0.3, -0.25) is 4.79 Å². The average molecular weight is 298 g/mol. The Morgan fingerprint density at radius 3 is 2.71 bits per heavy atom. The van der Waals surface area contributed by atoms with E-state index >= 15 is 0 Å². The SMILES string of the molecule is O=C(NCc1ccc(Br)cc1)C1=COCCO1. The molecule has 1 aromatic carbocycles. The van der Waals surface area contributed by atoms with Crippen molar-refractivity contribution in [3.05, 3.63) is 46.3 Å². The van der Waals surface area contributed by atoms with E-state index in [-0.39, 0.29) is 11.7 Å². The van der Waals surface area contributed by atoms with E-state index in [0.29, 0.717) is 19.8 Å². The number of carbonyl (C=O) groups excluding carboxylic acids is 1. The molecule has 0 unspecified atom stereocenters. The van der Waals surface area contributed by atoms with Crippen molar-refractivity contribution in [2.45, 2.75) is 6.54 Å². The highest BCUT2D eigenvalue weighted by Gasteiger charge is 2.14. The second kappa shape index (κ2) is 5.72. The van der Waals surface area contributed by atoms with Gasteiger partial charge in [-0.15, -0.1) is 0 Å². The second-order valence-corrected chi connectivity index (χ2v) is 4.43. The van der Waals surface area contributed by atoms with E-state index < -0.39 is 0 Å². The third kappa shape index (κ3) is 3.49. The maximum absolute atomic E-state index is 11.6. The summed E-state index contributed by atoms with van der Waals surface area (Å²) in [6, 6.07) is 7.75. The zero-order valence-corrected chi connectivity index (χ0v) is 10.7. The Bertz CT molecular complexity index is 428. The van der Waals surface area contributed by atoms with Crippen LogP contribution in [0.25, 0.3) is 0 Å². The summed E-state index contributed by atoms with van der Waals surface area (Å²) in [5, 5.41) is 2.76. The van der Waals surface area contributed by atoms with Crippen LogP contribution < -0.4 is 5.32 Å². The van der Waals surface area contributed by atoms with E-state index in [1.54, 1.807) is 0 Å². The quantitative estimate of drug-likeness (QED) is 0.928. The highest BCUT2D eigenvalue weighted by atomic mass is 79.9. The molecule has 2 rings (SSSR count). The molecule has 1 aliphatic heterocycles. The minimum atomic E-state index is -0.257. The first-order valence-corrected chi connectivity index (χ1v) is 6.02. The number of nitrogens with one attached hydrogen (secondary N) is 1. The van der Waals surface area contributed by atoms with E-state index in [0.717, 1.165) is 10.0 Å². The van der Waals surface area contributed by atoms with E-state index in [1.807, 2.05) is 24.3 Å². The van der Waals surface area contributed by atoms with Crippen LogP contribution in [0.2, 0.25) is 0 Å². The minimum absolute atomic E-state index is 0.230. The summed E-state index contributed by atoms with van der Waals surface area (Å²) in [5.74, 6) is -0.0269. The molecule has 90 valence electrons. The molecule has 0 saturated heterocycles. The molecule has 0 atom stereocenters. The van der Waals surface area contributed by atoms with Crippen molar-refractivity contribution in [1.82, 2.24) is 5.32 Å². The van der Waals surface area contributed by atoms with Crippen molar-refractivity contribution in [3.63, 3.8) is 0 Å². The van der Waals surface area contributed by atoms with Crippen LogP contribution in [-0.4, -0.2) is 19.1 Å². The number of benzene rings is 1. The lowest BCUT2D eigenvalue weighted by molar-refractivity contribution is -0.122. The summed E-state index contributed by atoms with van der Waals surface area (Å²) in [4.78, 5) is 11.6. The summed E-state index contributed by atoms with van der Waals surface area (Å²) in [7, 11) is 0. The maximum Gasteiger partial charge on any atom is 0.289 e. The molecule has 0 aliphatic carbocycles. The smallest absolute Gasteiger partial charge is 0.289 e. The van der Waals surface area contributed by atoms with Crippen molar-refractivity contribution in [3.8, 4) is 0 Å². The van der Waals surface area contributed by atoms with Gasteiger partial charge in [0.1, 0.15) is 19.5 Å². The van der Waals surface area contributed by atoms with Gasteiger partial charge in [0.2, 0.25) is 5.76 Å². The van der Waals surface area contributed by atoms with Gasteiger partial charge in [-0.25, -0.2) is 0 Å². The van der Waals surface area contributed by atoms with Gasteiger partial charge in [0.25, 0.3) is 5.91 Å². The highest BCUT2D eigenvalue weighted by molar-refractivity contribution is 9.10. The number of carbonyl (C=O) groups is 1. The van der Waals surface area contributed by atoms with Gasteiger partial charge in [0.05, 0.1) is 0 Å². The summed E-state index contributed by atoms with van der Waals surface area (Å²) < 4.78 is 11.2. The molecule has 1 N–H and O–H groups in total. The van der Waals surface area contributed by atoms with Crippen LogP contribution in [0, 0.1) is 0 Å². The number of hydrogen-bond donors (Lipinski definition) is 1. The largest absolute Gasteiger partial charge is 0.494 e. The van der Waals surface area contributed by atoms with Gasteiger partial charge in [-0.2, -0.15) is 0 Å². The normalized spacial score (nSPS) is 14.3. The topological polar surface area (TPSA) is 47.6 Å². The Hall–Kier alpha value is -1.49. The summed E-state index contributed by atoms with van der Waals surface area (Å²) >= 11 is 3.36. The third-order valence-electron chi connectivity index (χ3n) is 2.24. The lowest BCUT2D eigenvalue weighted by Crippen LogP contribution is -2.27. The average Bonchev–Trinajstić information content (AvgIpc) is 2.39. The molecular weight excluding hydrogens is 286 g/mol. The van der Waals surface area contributed by atoms with E-state index in [2.05, 4.69) is 21.2 Å². The lowest BCUT2D eigenvalue weighted by atomic mass is 10.2. The molecule has 5 heteroatoms. The van der Waals surface area contributed by atoms with Crippen LogP contribution >= 0.6 is 15.9 Å². The fourth-order valence-electron chi connectivity index (χ4n) is 1.36. The van der Waals surface area contributed by atoms with Crippen molar-refractivity contribution < 1.29 is 14.3 Å². The maximum atomic E-state index is 11.6. The van der Waals surface area contributed by atoms with Crippen molar-refractivity contribution in [2.24, 2.45) is 0 Å².